The maximum absolute atomic E-state index is 13.7. The van der Waals surface area contributed by atoms with Crippen LogP contribution in [0.4, 0.5) is 5.69 Å². The number of aromatic nitrogens is 1. The summed E-state index contributed by atoms with van der Waals surface area (Å²) in [6.07, 6.45) is 3.45. The molecule has 1 saturated heterocycles. The van der Waals surface area contributed by atoms with Crippen molar-refractivity contribution in [2.45, 2.75) is 25.7 Å². The molecule has 1 unspecified atom stereocenters. The van der Waals surface area contributed by atoms with Crippen LogP contribution in [0.2, 0.25) is 0 Å². The summed E-state index contributed by atoms with van der Waals surface area (Å²) in [6, 6.07) is 22.6. The SMILES string of the molecule is CCc1cccc2c(C(CC(=O)N3CCN(c4ccccc4OC)CC3)c3cccc(OC)c3)c[nH]c12. The highest BCUT2D eigenvalue weighted by atomic mass is 16.5. The van der Waals surface area contributed by atoms with Gasteiger partial charge in [-0.15, -0.1) is 0 Å². The van der Waals surface area contributed by atoms with Crippen LogP contribution in [0, 0.1) is 0 Å². The van der Waals surface area contributed by atoms with Crippen molar-refractivity contribution in [3.8, 4) is 11.5 Å². The van der Waals surface area contributed by atoms with Crippen molar-refractivity contribution in [2.24, 2.45) is 0 Å². The molecule has 3 aromatic carbocycles. The number of fused-ring (bicyclic) bond motifs is 1. The predicted molar refractivity (Wildman–Crippen MR) is 149 cm³/mol. The third kappa shape index (κ3) is 5.01. The van der Waals surface area contributed by atoms with Gasteiger partial charge in [-0.3, -0.25) is 4.79 Å². The van der Waals surface area contributed by atoms with E-state index >= 15 is 0 Å². The molecular formula is C31H35N3O3. The second-order valence-corrected chi connectivity index (χ2v) is 9.51. The first-order chi connectivity index (χ1) is 18.1. The fourth-order valence-corrected chi connectivity index (χ4v) is 5.48. The van der Waals surface area contributed by atoms with Gasteiger partial charge in [0.15, 0.2) is 0 Å². The minimum Gasteiger partial charge on any atom is -0.497 e. The third-order valence-electron chi connectivity index (χ3n) is 7.52. The molecule has 1 aromatic heterocycles. The van der Waals surface area contributed by atoms with Crippen LogP contribution in [0.15, 0.2) is 72.9 Å². The average molecular weight is 498 g/mol. The Kier molecular flexibility index (Phi) is 7.35. The number of carbonyl (C=O) groups excluding carboxylic acids is 1. The fourth-order valence-electron chi connectivity index (χ4n) is 5.48. The lowest BCUT2D eigenvalue weighted by Crippen LogP contribution is -2.49. The maximum atomic E-state index is 13.7. The van der Waals surface area contributed by atoms with Crippen LogP contribution >= 0.6 is 0 Å². The molecule has 192 valence electrons. The van der Waals surface area contributed by atoms with Crippen molar-refractivity contribution in [3.05, 3.63) is 89.6 Å². The van der Waals surface area contributed by atoms with Crippen molar-refractivity contribution in [3.63, 3.8) is 0 Å². The predicted octanol–water partition coefficient (Wildman–Crippen LogP) is 5.62. The molecule has 6 heteroatoms. The number of nitrogens with zero attached hydrogens (tertiary/aromatic N) is 2. The van der Waals surface area contributed by atoms with Crippen LogP contribution in [0.3, 0.4) is 0 Å². The number of benzene rings is 3. The lowest BCUT2D eigenvalue weighted by Gasteiger charge is -2.37. The van der Waals surface area contributed by atoms with E-state index in [-0.39, 0.29) is 11.8 Å². The number of piperazine rings is 1. The van der Waals surface area contributed by atoms with E-state index in [2.05, 4.69) is 59.4 Å². The highest BCUT2D eigenvalue weighted by Gasteiger charge is 2.28. The van der Waals surface area contributed by atoms with Crippen molar-refractivity contribution in [1.82, 2.24) is 9.88 Å². The number of anilines is 1. The number of ether oxygens (including phenoxy) is 2. The van der Waals surface area contributed by atoms with Gasteiger partial charge in [0, 0.05) is 55.6 Å². The van der Waals surface area contributed by atoms with Gasteiger partial charge in [0.2, 0.25) is 5.91 Å². The lowest BCUT2D eigenvalue weighted by atomic mass is 9.87. The van der Waals surface area contributed by atoms with E-state index in [0.29, 0.717) is 19.5 Å². The largest absolute Gasteiger partial charge is 0.497 e. The number of amides is 1. The first-order valence-corrected chi connectivity index (χ1v) is 13.0. The standard InChI is InChI=1S/C31H35N3O3/c1-4-22-9-8-12-25-27(21-32-31(22)25)26(23-10-7-11-24(19-23)36-2)20-30(35)34-17-15-33(16-18-34)28-13-5-6-14-29(28)37-3/h5-14,19,21,26,32H,4,15-18,20H2,1-3H3. The topological polar surface area (TPSA) is 57.8 Å². The monoisotopic (exact) mass is 497 g/mol. The number of methoxy groups -OCH3 is 2. The van der Waals surface area contributed by atoms with Gasteiger partial charge in [-0.2, -0.15) is 0 Å². The molecule has 1 atom stereocenters. The highest BCUT2D eigenvalue weighted by Crippen LogP contribution is 2.36. The number of aromatic amines is 1. The molecule has 6 nitrogen and oxygen atoms in total. The Bertz CT molecular complexity index is 1370. The Balaban J connectivity index is 1.39. The molecule has 37 heavy (non-hydrogen) atoms. The fraction of sp³-hybridized carbons (Fsp3) is 0.323. The van der Waals surface area contributed by atoms with Crippen LogP contribution in [0.25, 0.3) is 10.9 Å². The maximum Gasteiger partial charge on any atom is 0.223 e. The van der Waals surface area contributed by atoms with Crippen LogP contribution in [-0.2, 0) is 11.2 Å². The van der Waals surface area contributed by atoms with Gasteiger partial charge in [0.05, 0.1) is 19.9 Å². The van der Waals surface area contributed by atoms with Crippen molar-refractivity contribution in [2.75, 3.05) is 45.3 Å². The molecule has 2 heterocycles. The zero-order chi connectivity index (χ0) is 25.8. The Morgan fingerprint density at radius 1 is 0.946 bits per heavy atom. The van der Waals surface area contributed by atoms with Crippen molar-refractivity contribution < 1.29 is 14.3 Å². The second kappa shape index (κ2) is 11.0. The number of para-hydroxylation sites is 3. The summed E-state index contributed by atoms with van der Waals surface area (Å²) in [4.78, 5) is 21.5. The Morgan fingerprint density at radius 2 is 1.73 bits per heavy atom. The highest BCUT2D eigenvalue weighted by molar-refractivity contribution is 5.88. The molecule has 0 radical (unpaired) electrons. The van der Waals surface area contributed by atoms with Gasteiger partial charge in [-0.25, -0.2) is 0 Å². The molecule has 0 saturated carbocycles. The normalized spacial score (nSPS) is 14.6. The van der Waals surface area contributed by atoms with E-state index in [1.807, 2.05) is 35.2 Å². The van der Waals surface area contributed by atoms with Gasteiger partial charge in [-0.1, -0.05) is 49.4 Å². The molecule has 1 aliphatic rings. The zero-order valence-corrected chi connectivity index (χ0v) is 21.9. The molecule has 0 spiro atoms. The summed E-state index contributed by atoms with van der Waals surface area (Å²) in [5, 5.41) is 1.18. The number of nitrogens with one attached hydrogen (secondary N) is 1. The number of H-pyrrole nitrogens is 1. The van der Waals surface area contributed by atoms with E-state index in [9.17, 15) is 4.79 Å². The number of aryl methyl sites for hydroxylation is 1. The summed E-state index contributed by atoms with van der Waals surface area (Å²) >= 11 is 0. The van der Waals surface area contributed by atoms with Crippen LogP contribution in [0.5, 0.6) is 11.5 Å². The van der Waals surface area contributed by atoms with E-state index < -0.39 is 0 Å². The summed E-state index contributed by atoms with van der Waals surface area (Å²) in [5.74, 6) is 1.77. The molecule has 5 rings (SSSR count). The smallest absolute Gasteiger partial charge is 0.223 e. The van der Waals surface area contributed by atoms with E-state index in [4.69, 9.17) is 9.47 Å². The molecule has 1 aliphatic heterocycles. The molecular weight excluding hydrogens is 462 g/mol. The number of rotatable bonds is 8. The minimum atomic E-state index is -0.0734. The number of hydrogen-bond donors (Lipinski definition) is 1. The summed E-state index contributed by atoms with van der Waals surface area (Å²) < 4.78 is 11.1. The summed E-state index contributed by atoms with van der Waals surface area (Å²) in [5.41, 5.74) is 5.76. The van der Waals surface area contributed by atoms with E-state index in [0.717, 1.165) is 53.3 Å². The Morgan fingerprint density at radius 3 is 2.49 bits per heavy atom. The van der Waals surface area contributed by atoms with Gasteiger partial charge >= 0.3 is 0 Å². The van der Waals surface area contributed by atoms with E-state index in [1.165, 1.54) is 10.9 Å². The Labute approximate surface area is 218 Å². The third-order valence-corrected chi connectivity index (χ3v) is 7.52. The first kappa shape index (κ1) is 24.8. The van der Waals surface area contributed by atoms with Gasteiger partial charge in [-0.05, 0) is 47.4 Å². The minimum absolute atomic E-state index is 0.0734. The van der Waals surface area contributed by atoms with Gasteiger partial charge < -0.3 is 24.3 Å². The zero-order valence-electron chi connectivity index (χ0n) is 21.9. The average Bonchev–Trinajstić information content (AvgIpc) is 3.40. The van der Waals surface area contributed by atoms with Crippen molar-refractivity contribution >= 4 is 22.5 Å². The Hall–Kier alpha value is -3.93. The quantitative estimate of drug-likeness (QED) is 0.343. The van der Waals surface area contributed by atoms with Gasteiger partial charge in [0.1, 0.15) is 11.5 Å². The van der Waals surface area contributed by atoms with E-state index in [1.54, 1.807) is 14.2 Å². The molecule has 1 N–H and O–H groups in total. The molecule has 1 amide bonds. The number of hydrogen-bond acceptors (Lipinski definition) is 4. The summed E-state index contributed by atoms with van der Waals surface area (Å²) in [6.45, 7) is 5.11. The first-order valence-electron chi connectivity index (χ1n) is 13.0. The summed E-state index contributed by atoms with van der Waals surface area (Å²) in [7, 11) is 3.38. The second-order valence-electron chi connectivity index (χ2n) is 9.51. The van der Waals surface area contributed by atoms with Crippen LogP contribution in [-0.4, -0.2) is 56.2 Å². The van der Waals surface area contributed by atoms with Crippen molar-refractivity contribution in [1.29, 1.82) is 0 Å². The van der Waals surface area contributed by atoms with Crippen LogP contribution in [0.1, 0.15) is 36.0 Å². The molecule has 0 bridgehead atoms. The molecule has 0 aliphatic carbocycles. The van der Waals surface area contributed by atoms with Crippen LogP contribution < -0.4 is 14.4 Å². The van der Waals surface area contributed by atoms with Gasteiger partial charge in [0.25, 0.3) is 0 Å². The number of carbonyl (C=O) groups is 1. The lowest BCUT2D eigenvalue weighted by molar-refractivity contribution is -0.131. The molecule has 4 aromatic rings. The molecule has 1 fully saturated rings.